The molecule has 1 aromatic carbocycles. The van der Waals surface area contributed by atoms with Crippen molar-refractivity contribution < 1.29 is 9.13 Å². The third-order valence-electron chi connectivity index (χ3n) is 4.75. The molecule has 3 rings (SSSR count). The predicted molar refractivity (Wildman–Crippen MR) is 78.6 cm³/mol. The van der Waals surface area contributed by atoms with Crippen LogP contribution in [0.3, 0.4) is 0 Å². The molecule has 0 saturated heterocycles. The first-order valence-corrected chi connectivity index (χ1v) is 7.80. The lowest BCUT2D eigenvalue weighted by Gasteiger charge is -2.34. The summed E-state index contributed by atoms with van der Waals surface area (Å²) < 4.78 is 19.0. The fourth-order valence-electron chi connectivity index (χ4n) is 3.52. The number of halogens is 1. The van der Waals surface area contributed by atoms with E-state index in [1.165, 1.54) is 38.2 Å². The van der Waals surface area contributed by atoms with E-state index in [-0.39, 0.29) is 11.9 Å². The van der Waals surface area contributed by atoms with Crippen molar-refractivity contribution in [1.29, 1.82) is 0 Å². The molecule has 1 N–H and O–H groups in total. The van der Waals surface area contributed by atoms with E-state index in [9.17, 15) is 4.39 Å². The lowest BCUT2D eigenvalue weighted by Crippen LogP contribution is -2.38. The van der Waals surface area contributed by atoms with E-state index in [0.29, 0.717) is 5.41 Å². The minimum absolute atomic E-state index is 0.152. The lowest BCUT2D eigenvalue weighted by molar-refractivity contribution is 0.184. The summed E-state index contributed by atoms with van der Waals surface area (Å²) in [7, 11) is 0. The Bertz CT molecular complexity index is 468. The van der Waals surface area contributed by atoms with Gasteiger partial charge in [-0.1, -0.05) is 26.2 Å². The zero-order chi connectivity index (χ0) is 14.0. The van der Waals surface area contributed by atoms with E-state index in [4.69, 9.17) is 4.74 Å². The molecule has 1 unspecified atom stereocenters. The fourth-order valence-corrected chi connectivity index (χ4v) is 3.52. The Kier molecular flexibility index (Phi) is 3.97. The van der Waals surface area contributed by atoms with E-state index in [1.807, 2.05) is 0 Å². The highest BCUT2D eigenvalue weighted by atomic mass is 19.1. The Balaban J connectivity index is 1.46. The van der Waals surface area contributed by atoms with Crippen molar-refractivity contribution in [3.63, 3.8) is 0 Å². The van der Waals surface area contributed by atoms with Crippen LogP contribution >= 0.6 is 0 Å². The lowest BCUT2D eigenvalue weighted by atomic mass is 9.76. The Labute approximate surface area is 120 Å². The van der Waals surface area contributed by atoms with Gasteiger partial charge in [-0.05, 0) is 36.5 Å². The van der Waals surface area contributed by atoms with Gasteiger partial charge in [0.1, 0.15) is 17.7 Å². The Morgan fingerprint density at radius 2 is 2.10 bits per heavy atom. The molecule has 1 atom stereocenters. The maximum atomic E-state index is 13.2. The Morgan fingerprint density at radius 3 is 2.90 bits per heavy atom. The summed E-state index contributed by atoms with van der Waals surface area (Å²) >= 11 is 0. The quantitative estimate of drug-likeness (QED) is 0.906. The second-order valence-electron chi connectivity index (χ2n) is 6.70. The van der Waals surface area contributed by atoms with Gasteiger partial charge in [0.2, 0.25) is 0 Å². The minimum atomic E-state index is -0.171. The molecule has 20 heavy (non-hydrogen) atoms. The molecule has 1 fully saturated rings. The molecule has 0 amide bonds. The van der Waals surface area contributed by atoms with E-state index in [2.05, 4.69) is 12.2 Å². The van der Waals surface area contributed by atoms with Crippen molar-refractivity contribution in [1.82, 2.24) is 5.32 Å². The van der Waals surface area contributed by atoms with Gasteiger partial charge < -0.3 is 10.1 Å². The van der Waals surface area contributed by atoms with Crippen LogP contribution < -0.4 is 10.1 Å². The molecular formula is C17H24FNO. The van der Waals surface area contributed by atoms with Crippen molar-refractivity contribution in [2.75, 3.05) is 13.1 Å². The minimum Gasteiger partial charge on any atom is -0.488 e. The highest BCUT2D eigenvalue weighted by Gasteiger charge is 2.28. The van der Waals surface area contributed by atoms with Crippen molar-refractivity contribution >= 4 is 0 Å². The van der Waals surface area contributed by atoms with E-state index >= 15 is 0 Å². The van der Waals surface area contributed by atoms with Gasteiger partial charge in [-0.15, -0.1) is 0 Å². The maximum Gasteiger partial charge on any atom is 0.123 e. The highest BCUT2D eigenvalue weighted by Crippen LogP contribution is 2.35. The fraction of sp³-hybridized carbons (Fsp3) is 0.647. The van der Waals surface area contributed by atoms with Crippen molar-refractivity contribution in [2.24, 2.45) is 5.41 Å². The summed E-state index contributed by atoms with van der Waals surface area (Å²) in [4.78, 5) is 0. The topological polar surface area (TPSA) is 21.3 Å². The second kappa shape index (κ2) is 5.72. The Morgan fingerprint density at radius 1 is 1.30 bits per heavy atom. The van der Waals surface area contributed by atoms with E-state index < -0.39 is 0 Å². The molecule has 3 heteroatoms. The van der Waals surface area contributed by atoms with Gasteiger partial charge in [-0.25, -0.2) is 4.39 Å². The van der Waals surface area contributed by atoms with Crippen molar-refractivity contribution in [2.45, 2.75) is 51.6 Å². The number of ether oxygens (including phenoxy) is 1. The van der Waals surface area contributed by atoms with Crippen LogP contribution in [0.5, 0.6) is 5.75 Å². The molecular weight excluding hydrogens is 253 g/mol. The van der Waals surface area contributed by atoms with Crippen LogP contribution in [0.25, 0.3) is 0 Å². The number of benzene rings is 1. The largest absolute Gasteiger partial charge is 0.488 e. The summed E-state index contributed by atoms with van der Waals surface area (Å²) in [6.45, 7) is 4.31. The van der Waals surface area contributed by atoms with Crippen LogP contribution in [0.15, 0.2) is 18.2 Å². The third-order valence-corrected chi connectivity index (χ3v) is 4.75. The van der Waals surface area contributed by atoms with Crippen LogP contribution in [0, 0.1) is 11.2 Å². The molecule has 2 aliphatic rings. The van der Waals surface area contributed by atoms with Crippen LogP contribution in [-0.2, 0) is 6.42 Å². The molecule has 1 heterocycles. The smallest absolute Gasteiger partial charge is 0.123 e. The van der Waals surface area contributed by atoms with Crippen LogP contribution in [-0.4, -0.2) is 19.2 Å². The molecule has 0 radical (unpaired) electrons. The highest BCUT2D eigenvalue weighted by molar-refractivity contribution is 5.37. The normalized spacial score (nSPS) is 24.2. The van der Waals surface area contributed by atoms with Crippen LogP contribution in [0.1, 0.15) is 44.6 Å². The molecule has 0 bridgehead atoms. The number of nitrogens with one attached hydrogen (secondary N) is 1. The summed E-state index contributed by atoms with van der Waals surface area (Å²) in [6, 6.07) is 4.81. The molecule has 1 aliphatic carbocycles. The summed E-state index contributed by atoms with van der Waals surface area (Å²) in [5, 5.41) is 3.57. The van der Waals surface area contributed by atoms with Gasteiger partial charge in [0, 0.05) is 25.1 Å². The van der Waals surface area contributed by atoms with Crippen LogP contribution in [0.2, 0.25) is 0 Å². The average molecular weight is 277 g/mol. The van der Waals surface area contributed by atoms with Crippen molar-refractivity contribution in [3.8, 4) is 5.75 Å². The van der Waals surface area contributed by atoms with Crippen molar-refractivity contribution in [3.05, 3.63) is 29.6 Å². The van der Waals surface area contributed by atoms with E-state index in [1.54, 1.807) is 12.1 Å². The summed E-state index contributed by atoms with van der Waals surface area (Å²) in [5.74, 6) is 0.678. The molecule has 1 aliphatic heterocycles. The van der Waals surface area contributed by atoms with Gasteiger partial charge >= 0.3 is 0 Å². The zero-order valence-corrected chi connectivity index (χ0v) is 12.3. The van der Waals surface area contributed by atoms with Gasteiger partial charge in [0.15, 0.2) is 0 Å². The van der Waals surface area contributed by atoms with Gasteiger partial charge in [0.25, 0.3) is 0 Å². The van der Waals surface area contributed by atoms with E-state index in [0.717, 1.165) is 30.8 Å². The number of rotatable bonds is 4. The second-order valence-corrected chi connectivity index (χ2v) is 6.70. The molecule has 110 valence electrons. The SMILES string of the molecule is CC1(CNCC2Cc3cc(F)ccc3O2)CCCCC1. The predicted octanol–water partition coefficient (Wildman–Crippen LogP) is 3.69. The first kappa shape index (κ1) is 13.9. The third kappa shape index (κ3) is 3.14. The van der Waals surface area contributed by atoms with Gasteiger partial charge in [0.05, 0.1) is 0 Å². The molecule has 1 saturated carbocycles. The molecule has 2 nitrogen and oxygen atoms in total. The first-order valence-electron chi connectivity index (χ1n) is 7.80. The van der Waals surface area contributed by atoms with Gasteiger partial charge in [-0.3, -0.25) is 0 Å². The summed E-state index contributed by atoms with van der Waals surface area (Å²) in [5.41, 5.74) is 1.45. The van der Waals surface area contributed by atoms with Gasteiger partial charge in [-0.2, -0.15) is 0 Å². The zero-order valence-electron chi connectivity index (χ0n) is 12.3. The molecule has 1 aromatic rings. The molecule has 0 spiro atoms. The number of fused-ring (bicyclic) bond motifs is 1. The number of hydrogen-bond acceptors (Lipinski definition) is 2. The molecule has 0 aromatic heterocycles. The average Bonchev–Trinajstić information content (AvgIpc) is 2.81. The summed E-state index contributed by atoms with van der Waals surface area (Å²) in [6.07, 6.45) is 7.75. The first-order chi connectivity index (χ1) is 9.65. The van der Waals surface area contributed by atoms with Crippen LogP contribution in [0.4, 0.5) is 4.39 Å². The maximum absolute atomic E-state index is 13.2. The monoisotopic (exact) mass is 277 g/mol. The number of hydrogen-bond donors (Lipinski definition) is 1. The Hall–Kier alpha value is -1.09. The standard InChI is InChI=1S/C17H24FNO/c1-17(7-3-2-4-8-17)12-19-11-15-10-13-9-14(18)5-6-16(13)20-15/h5-6,9,15,19H,2-4,7-8,10-12H2,1H3.